The van der Waals surface area contributed by atoms with Crippen molar-refractivity contribution in [1.29, 1.82) is 0 Å². The van der Waals surface area contributed by atoms with Gasteiger partial charge in [0, 0.05) is 0 Å². The van der Waals surface area contributed by atoms with Gasteiger partial charge >= 0.3 is 11.8 Å². The Morgan fingerprint density at radius 3 is 3.30 bits per heavy atom. The second kappa shape index (κ2) is 1.66. The highest BCUT2D eigenvalue weighted by Crippen LogP contribution is 2.18. The summed E-state index contributed by atoms with van der Waals surface area (Å²) in [6, 6.07) is -0.129. The van der Waals surface area contributed by atoms with Gasteiger partial charge in [-0.05, 0) is 4.99 Å². The molecule has 2 rings (SSSR count). The van der Waals surface area contributed by atoms with Crippen LogP contribution in [0.25, 0.3) is 0 Å². The first-order valence-corrected chi connectivity index (χ1v) is 2.71. The molecule has 1 radical (unpaired) electrons. The van der Waals surface area contributed by atoms with Gasteiger partial charge in [0.05, 0.1) is 6.20 Å². The van der Waals surface area contributed by atoms with Crippen LogP contribution < -0.4 is 10.3 Å². The summed E-state index contributed by atoms with van der Waals surface area (Å²) >= 11 is 0. The number of amidine groups is 1. The Balaban J connectivity index is 2.54. The van der Waals surface area contributed by atoms with Crippen molar-refractivity contribution in [3.8, 4) is 0 Å². The largest absolute Gasteiger partial charge is 0.456 e. The molecule has 1 aliphatic rings. The van der Waals surface area contributed by atoms with Gasteiger partial charge in [-0.3, -0.25) is 0 Å². The van der Waals surface area contributed by atoms with Crippen molar-refractivity contribution in [2.45, 2.75) is 0 Å². The Kier molecular flexibility index (Phi) is 0.858. The fraction of sp³-hybridized carbons (Fsp3) is 0. The minimum absolute atomic E-state index is 0.129. The Morgan fingerprint density at radius 2 is 2.50 bits per heavy atom. The zero-order valence-corrected chi connectivity index (χ0v) is 4.94. The summed E-state index contributed by atoms with van der Waals surface area (Å²) in [7, 11) is 0. The maximum Gasteiger partial charge on any atom is 0.430 e. The monoisotopic (exact) mass is 136 g/mol. The van der Waals surface area contributed by atoms with Crippen molar-refractivity contribution in [2.75, 3.05) is 5.32 Å². The fourth-order valence-electron chi connectivity index (χ4n) is 0.749. The molecule has 0 unspecified atom stereocenters. The number of nitrogens with zero attached hydrogens (tertiary/aromatic N) is 3. The molecule has 0 aliphatic carbocycles. The molecule has 10 heavy (non-hydrogen) atoms. The summed E-state index contributed by atoms with van der Waals surface area (Å²) in [6.07, 6.45) is 2.93. The number of nitrogens with one attached hydrogen (secondary N) is 1. The van der Waals surface area contributed by atoms with Crippen LogP contribution in [0.3, 0.4) is 0 Å². The quantitative estimate of drug-likeness (QED) is 0.517. The van der Waals surface area contributed by atoms with E-state index in [0.29, 0.717) is 11.5 Å². The van der Waals surface area contributed by atoms with Crippen molar-refractivity contribution < 1.29 is 5.11 Å². The lowest BCUT2D eigenvalue weighted by atomic mass is 10.5. The highest BCUT2D eigenvalue weighted by molar-refractivity contribution is 5.95. The molecule has 1 aliphatic heterocycles. The summed E-state index contributed by atoms with van der Waals surface area (Å²) in [6.45, 7) is 0. The summed E-state index contributed by atoms with van der Waals surface area (Å²) < 4.78 is 0. The van der Waals surface area contributed by atoms with E-state index in [4.69, 9.17) is 5.11 Å². The molecule has 0 fully saturated rings. The first-order valence-electron chi connectivity index (χ1n) is 2.71. The Morgan fingerprint density at radius 1 is 1.60 bits per heavy atom. The molecule has 0 amide bonds. The average molecular weight is 136 g/mol. The molecule has 2 N–H and O–H groups in total. The smallest absolute Gasteiger partial charge is 0.430 e. The zero-order valence-electron chi connectivity index (χ0n) is 4.94. The normalized spacial score (nSPS) is 13.8. The molecule has 0 atom stereocenters. The molecule has 49 valence electrons. The molecule has 0 aromatic carbocycles. The lowest BCUT2D eigenvalue weighted by Gasteiger charge is -1.83. The summed E-state index contributed by atoms with van der Waals surface area (Å²) in [5.74, 6) is 0.479. The number of anilines is 1. The number of rotatable bonds is 0. The van der Waals surface area contributed by atoms with Crippen LogP contribution in [0, 0.1) is 0 Å². The topological polar surface area (TPSA) is 72.1 Å². The van der Waals surface area contributed by atoms with E-state index in [-0.39, 0.29) is 6.02 Å². The second-order valence-electron chi connectivity index (χ2n) is 1.82. The lowest BCUT2D eigenvalue weighted by Crippen LogP contribution is -2.07. The molecule has 0 saturated heterocycles. The SMILES string of the molecule is OC1=[N+]c2ncncc2N1. The maximum atomic E-state index is 8.82. The van der Waals surface area contributed by atoms with Crippen LogP contribution >= 0.6 is 0 Å². The first kappa shape index (κ1) is 5.16. The second-order valence-corrected chi connectivity index (χ2v) is 1.82. The predicted molar refractivity (Wildman–Crippen MR) is 35.1 cm³/mol. The predicted octanol–water partition coefficient (Wildman–Crippen LogP) is -0.217. The summed E-state index contributed by atoms with van der Waals surface area (Å²) in [5.41, 5.74) is 0.639. The summed E-state index contributed by atoms with van der Waals surface area (Å²) in [4.78, 5) is 11.2. The van der Waals surface area contributed by atoms with Crippen LogP contribution in [0.1, 0.15) is 0 Å². The van der Waals surface area contributed by atoms with Crippen LogP contribution in [0.2, 0.25) is 0 Å². The molecular weight excluding hydrogens is 132 g/mol. The highest BCUT2D eigenvalue weighted by Gasteiger charge is 2.23. The Labute approximate surface area is 56.5 Å². The van der Waals surface area contributed by atoms with Gasteiger partial charge in [0.25, 0.3) is 0 Å². The number of aliphatic hydroxyl groups excluding tert-OH is 1. The average Bonchev–Trinajstić information content (AvgIpc) is 2.27. The third kappa shape index (κ3) is 0.604. The molecular formula is C5H4N4O+. The van der Waals surface area contributed by atoms with E-state index in [9.17, 15) is 0 Å². The fourth-order valence-corrected chi connectivity index (χ4v) is 0.749. The summed E-state index contributed by atoms with van der Waals surface area (Å²) in [5, 5.41) is 11.4. The molecule has 0 spiro atoms. The molecule has 2 heterocycles. The molecule has 1 aromatic heterocycles. The van der Waals surface area contributed by atoms with E-state index in [1.54, 1.807) is 6.20 Å². The van der Waals surface area contributed by atoms with Crippen molar-refractivity contribution in [3.63, 3.8) is 0 Å². The first-order chi connectivity index (χ1) is 4.86. The Hall–Kier alpha value is -1.65. The third-order valence-electron chi connectivity index (χ3n) is 1.15. The van der Waals surface area contributed by atoms with Gasteiger partial charge in [-0.2, -0.15) is 0 Å². The molecule has 1 aromatic rings. The Bertz CT molecular complexity index is 295. The van der Waals surface area contributed by atoms with E-state index in [0.717, 1.165) is 0 Å². The van der Waals surface area contributed by atoms with Gasteiger partial charge in [-0.25, -0.2) is 10.3 Å². The molecule has 0 saturated carbocycles. The van der Waals surface area contributed by atoms with Crippen LogP contribution in [0.15, 0.2) is 12.5 Å². The number of hydrogen-bond donors (Lipinski definition) is 2. The number of fused-ring (bicyclic) bond motifs is 1. The van der Waals surface area contributed by atoms with E-state index >= 15 is 0 Å². The van der Waals surface area contributed by atoms with Crippen LogP contribution in [0.5, 0.6) is 0 Å². The minimum Gasteiger partial charge on any atom is -0.456 e. The van der Waals surface area contributed by atoms with Gasteiger partial charge in [0.2, 0.25) is 0 Å². The van der Waals surface area contributed by atoms with Crippen LogP contribution in [0.4, 0.5) is 11.5 Å². The van der Waals surface area contributed by atoms with Gasteiger partial charge in [-0.1, -0.05) is 4.98 Å². The number of aliphatic imine (C=N–C) groups is 1. The number of aromatic nitrogens is 2. The maximum absolute atomic E-state index is 8.82. The third-order valence-corrected chi connectivity index (χ3v) is 1.15. The van der Waals surface area contributed by atoms with Gasteiger partial charge in [-0.15, -0.1) is 0 Å². The standard InChI is InChI=1S/C5H4N4O/c10-5-8-3-1-6-2-7-4(3)9-5/h1-2,8,10H/q+1. The highest BCUT2D eigenvalue weighted by atomic mass is 16.3. The van der Waals surface area contributed by atoms with Crippen molar-refractivity contribution in [2.24, 2.45) is 0 Å². The van der Waals surface area contributed by atoms with Crippen LogP contribution in [-0.4, -0.2) is 21.1 Å². The minimum atomic E-state index is -0.129. The molecule has 5 heteroatoms. The molecule has 0 bridgehead atoms. The number of aliphatic hydroxyl groups is 1. The zero-order chi connectivity index (χ0) is 6.97. The van der Waals surface area contributed by atoms with Gasteiger partial charge in [0.15, 0.2) is 12.0 Å². The van der Waals surface area contributed by atoms with Crippen molar-refractivity contribution >= 4 is 17.5 Å². The van der Waals surface area contributed by atoms with E-state index < -0.39 is 0 Å². The lowest BCUT2D eigenvalue weighted by molar-refractivity contribution is 0.549. The van der Waals surface area contributed by atoms with E-state index in [2.05, 4.69) is 20.3 Å². The van der Waals surface area contributed by atoms with E-state index in [1.165, 1.54) is 6.33 Å². The van der Waals surface area contributed by atoms with Gasteiger partial charge in [0.1, 0.15) is 0 Å². The van der Waals surface area contributed by atoms with Crippen molar-refractivity contribution in [1.82, 2.24) is 15.0 Å². The number of hydrogen-bond acceptors (Lipinski definition) is 4. The molecule has 5 nitrogen and oxygen atoms in total. The van der Waals surface area contributed by atoms with E-state index in [1.807, 2.05) is 0 Å². The van der Waals surface area contributed by atoms with Gasteiger partial charge < -0.3 is 5.11 Å². The van der Waals surface area contributed by atoms with Crippen LogP contribution in [-0.2, 0) is 0 Å². The van der Waals surface area contributed by atoms with Crippen molar-refractivity contribution in [3.05, 3.63) is 12.5 Å².